The van der Waals surface area contributed by atoms with Gasteiger partial charge in [-0.25, -0.2) is 0 Å². The van der Waals surface area contributed by atoms with Crippen molar-refractivity contribution in [1.82, 2.24) is 9.80 Å². The van der Waals surface area contributed by atoms with Gasteiger partial charge in [0.05, 0.1) is 6.54 Å². The minimum Gasteiger partial charge on any atom is -0.308 e. The quantitative estimate of drug-likeness (QED) is 0.511. The SMILES string of the molecule is CCN(CC=O)CCN(C)C. The van der Waals surface area contributed by atoms with E-state index in [0.29, 0.717) is 6.54 Å². The van der Waals surface area contributed by atoms with Crippen molar-refractivity contribution in [2.45, 2.75) is 6.92 Å². The van der Waals surface area contributed by atoms with Crippen molar-refractivity contribution in [2.75, 3.05) is 40.3 Å². The average Bonchev–Trinajstić information content (AvgIpc) is 1.97. The first-order valence-corrected chi connectivity index (χ1v) is 4.01. The lowest BCUT2D eigenvalue weighted by Crippen LogP contribution is -2.32. The van der Waals surface area contributed by atoms with Gasteiger partial charge in [0, 0.05) is 13.1 Å². The van der Waals surface area contributed by atoms with Crippen LogP contribution in [0, 0.1) is 0 Å². The van der Waals surface area contributed by atoms with E-state index in [1.807, 2.05) is 14.1 Å². The molecule has 3 nitrogen and oxygen atoms in total. The Morgan fingerprint density at radius 2 is 1.91 bits per heavy atom. The fraction of sp³-hybridized carbons (Fsp3) is 0.875. The number of hydrogen-bond acceptors (Lipinski definition) is 3. The molecule has 0 aromatic carbocycles. The molecule has 0 amide bonds. The van der Waals surface area contributed by atoms with Crippen LogP contribution in [-0.4, -0.2) is 56.4 Å². The van der Waals surface area contributed by atoms with Crippen molar-refractivity contribution in [2.24, 2.45) is 0 Å². The van der Waals surface area contributed by atoms with E-state index in [2.05, 4.69) is 16.7 Å². The zero-order valence-electron chi connectivity index (χ0n) is 7.71. The standard InChI is InChI=1S/C8H18N2O/c1-4-10(7-8-11)6-5-9(2)3/h8H,4-7H2,1-3H3. The third kappa shape index (κ3) is 6.01. The lowest BCUT2D eigenvalue weighted by Gasteiger charge is -2.19. The summed E-state index contributed by atoms with van der Waals surface area (Å²) in [6.07, 6.45) is 0.958. The number of nitrogens with zero attached hydrogens (tertiary/aromatic N) is 2. The summed E-state index contributed by atoms with van der Waals surface area (Å²) in [5, 5.41) is 0. The highest BCUT2D eigenvalue weighted by atomic mass is 16.1. The Kier molecular flexibility index (Phi) is 6.07. The van der Waals surface area contributed by atoms with Crippen molar-refractivity contribution in [3.8, 4) is 0 Å². The Bertz CT molecular complexity index is 104. The normalized spacial score (nSPS) is 11.0. The average molecular weight is 158 g/mol. The van der Waals surface area contributed by atoms with E-state index in [1.165, 1.54) is 0 Å². The fourth-order valence-electron chi connectivity index (χ4n) is 0.825. The summed E-state index contributed by atoms with van der Waals surface area (Å²) in [6.45, 7) is 5.57. The predicted molar refractivity (Wildman–Crippen MR) is 46.7 cm³/mol. The van der Waals surface area contributed by atoms with Gasteiger partial charge < -0.3 is 9.69 Å². The number of carbonyl (C=O) groups excluding carboxylic acids is 1. The molecule has 0 radical (unpaired) electrons. The summed E-state index contributed by atoms with van der Waals surface area (Å²) in [5.41, 5.74) is 0. The molecule has 0 unspecified atom stereocenters. The largest absolute Gasteiger partial charge is 0.308 e. The van der Waals surface area contributed by atoms with Gasteiger partial charge in [0.25, 0.3) is 0 Å². The highest BCUT2D eigenvalue weighted by Gasteiger charge is 2.00. The van der Waals surface area contributed by atoms with Crippen LogP contribution in [0.1, 0.15) is 6.92 Å². The molecule has 0 aromatic heterocycles. The summed E-state index contributed by atoms with van der Waals surface area (Å²) in [4.78, 5) is 14.4. The van der Waals surface area contributed by atoms with Crippen molar-refractivity contribution >= 4 is 6.29 Å². The van der Waals surface area contributed by atoms with Crippen LogP contribution < -0.4 is 0 Å². The van der Waals surface area contributed by atoms with Crippen molar-refractivity contribution < 1.29 is 4.79 Å². The number of likely N-dealkylation sites (N-methyl/N-ethyl adjacent to an activating group) is 2. The second-order valence-electron chi connectivity index (χ2n) is 2.86. The molecule has 0 N–H and O–H groups in total. The van der Waals surface area contributed by atoms with Gasteiger partial charge in [-0.1, -0.05) is 6.92 Å². The molecule has 66 valence electrons. The van der Waals surface area contributed by atoms with Crippen molar-refractivity contribution in [3.05, 3.63) is 0 Å². The van der Waals surface area contributed by atoms with E-state index in [9.17, 15) is 4.79 Å². The first-order chi connectivity index (χ1) is 5.20. The topological polar surface area (TPSA) is 23.6 Å². The number of hydrogen-bond donors (Lipinski definition) is 0. The zero-order chi connectivity index (χ0) is 8.69. The highest BCUT2D eigenvalue weighted by Crippen LogP contribution is 1.85. The molecule has 0 spiro atoms. The monoisotopic (exact) mass is 158 g/mol. The molecule has 0 rings (SSSR count). The summed E-state index contributed by atoms with van der Waals surface area (Å²) in [7, 11) is 4.07. The lowest BCUT2D eigenvalue weighted by molar-refractivity contribution is -0.108. The summed E-state index contributed by atoms with van der Waals surface area (Å²) >= 11 is 0. The van der Waals surface area contributed by atoms with E-state index < -0.39 is 0 Å². The second kappa shape index (κ2) is 6.31. The van der Waals surface area contributed by atoms with Gasteiger partial charge in [-0.2, -0.15) is 0 Å². The summed E-state index contributed by atoms with van der Waals surface area (Å²) in [6, 6.07) is 0. The molecule has 0 aliphatic carbocycles. The van der Waals surface area contributed by atoms with E-state index in [1.54, 1.807) is 0 Å². The van der Waals surface area contributed by atoms with Crippen LogP contribution in [0.25, 0.3) is 0 Å². The van der Waals surface area contributed by atoms with Gasteiger partial charge in [-0.15, -0.1) is 0 Å². The number of rotatable bonds is 6. The summed E-state index contributed by atoms with van der Waals surface area (Å²) in [5.74, 6) is 0. The van der Waals surface area contributed by atoms with Crippen LogP contribution in [0.5, 0.6) is 0 Å². The van der Waals surface area contributed by atoms with E-state index >= 15 is 0 Å². The lowest BCUT2D eigenvalue weighted by atomic mass is 10.4. The molecule has 3 heteroatoms. The van der Waals surface area contributed by atoms with Crippen LogP contribution in [0.2, 0.25) is 0 Å². The van der Waals surface area contributed by atoms with Crippen LogP contribution in [-0.2, 0) is 4.79 Å². The number of aldehydes is 1. The molecule has 0 atom stereocenters. The van der Waals surface area contributed by atoms with E-state index in [4.69, 9.17) is 0 Å². The van der Waals surface area contributed by atoms with Crippen molar-refractivity contribution in [1.29, 1.82) is 0 Å². The summed E-state index contributed by atoms with van der Waals surface area (Å²) < 4.78 is 0. The van der Waals surface area contributed by atoms with Gasteiger partial charge in [-0.05, 0) is 20.6 Å². The minimum absolute atomic E-state index is 0.560. The van der Waals surface area contributed by atoms with Crippen LogP contribution >= 0.6 is 0 Å². The van der Waals surface area contributed by atoms with E-state index in [0.717, 1.165) is 25.9 Å². The van der Waals surface area contributed by atoms with E-state index in [-0.39, 0.29) is 0 Å². The Morgan fingerprint density at radius 1 is 1.27 bits per heavy atom. The molecule has 0 aliphatic heterocycles. The zero-order valence-corrected chi connectivity index (χ0v) is 7.71. The third-order valence-electron chi connectivity index (χ3n) is 1.64. The van der Waals surface area contributed by atoms with Gasteiger partial charge in [-0.3, -0.25) is 4.90 Å². The first-order valence-electron chi connectivity index (χ1n) is 4.01. The maximum absolute atomic E-state index is 10.2. The van der Waals surface area contributed by atoms with Crippen molar-refractivity contribution in [3.63, 3.8) is 0 Å². The molecule has 11 heavy (non-hydrogen) atoms. The van der Waals surface area contributed by atoms with Gasteiger partial charge >= 0.3 is 0 Å². The second-order valence-corrected chi connectivity index (χ2v) is 2.86. The predicted octanol–water partition coefficient (Wildman–Crippen LogP) is 0.0688. The molecule has 0 saturated carbocycles. The molecule has 0 heterocycles. The van der Waals surface area contributed by atoms with Crippen LogP contribution in [0.3, 0.4) is 0 Å². The molecular weight excluding hydrogens is 140 g/mol. The van der Waals surface area contributed by atoms with Gasteiger partial charge in [0.1, 0.15) is 6.29 Å². The molecule has 0 bridgehead atoms. The Morgan fingerprint density at radius 3 is 2.27 bits per heavy atom. The van der Waals surface area contributed by atoms with Gasteiger partial charge in [0.15, 0.2) is 0 Å². The Hall–Kier alpha value is -0.410. The van der Waals surface area contributed by atoms with Crippen LogP contribution in [0.15, 0.2) is 0 Å². The Labute approximate surface area is 69.0 Å². The maximum atomic E-state index is 10.2. The molecule has 0 aliphatic rings. The fourth-order valence-corrected chi connectivity index (χ4v) is 0.825. The smallest absolute Gasteiger partial charge is 0.133 e. The third-order valence-corrected chi connectivity index (χ3v) is 1.64. The molecular formula is C8H18N2O. The van der Waals surface area contributed by atoms with Crippen LogP contribution in [0.4, 0.5) is 0 Å². The Balaban J connectivity index is 3.43. The highest BCUT2D eigenvalue weighted by molar-refractivity contribution is 5.51. The molecule has 0 fully saturated rings. The van der Waals surface area contributed by atoms with Gasteiger partial charge in [0.2, 0.25) is 0 Å². The maximum Gasteiger partial charge on any atom is 0.133 e. The first kappa shape index (κ1) is 10.6. The number of carbonyl (C=O) groups is 1. The molecule has 0 aromatic rings. The molecule has 0 saturated heterocycles. The minimum atomic E-state index is 0.560.